The third-order valence-electron chi connectivity index (χ3n) is 3.60. The van der Waals surface area contributed by atoms with E-state index >= 15 is 0 Å². The van der Waals surface area contributed by atoms with E-state index in [1.54, 1.807) is 0 Å². The molecule has 2 rings (SSSR count). The SMILES string of the molecule is NCC1(c2c(F)cc(F)c(Br)c2F)CCCC1. The van der Waals surface area contributed by atoms with E-state index in [1.807, 2.05) is 0 Å². The van der Waals surface area contributed by atoms with Crippen molar-refractivity contribution in [3.05, 3.63) is 33.6 Å². The molecule has 0 radical (unpaired) electrons. The molecule has 1 aliphatic rings. The zero-order valence-corrected chi connectivity index (χ0v) is 10.8. The van der Waals surface area contributed by atoms with Crippen LogP contribution in [-0.2, 0) is 5.41 Å². The Kier molecular flexibility index (Phi) is 3.50. The summed E-state index contributed by atoms with van der Waals surface area (Å²) in [7, 11) is 0. The first-order chi connectivity index (χ1) is 8.02. The number of hydrogen-bond acceptors (Lipinski definition) is 1. The van der Waals surface area contributed by atoms with Crippen LogP contribution in [0.25, 0.3) is 0 Å². The summed E-state index contributed by atoms with van der Waals surface area (Å²) in [6.45, 7) is 0.179. The molecule has 1 aromatic carbocycles. The molecule has 0 amide bonds. The van der Waals surface area contributed by atoms with Crippen LogP contribution in [0.2, 0.25) is 0 Å². The van der Waals surface area contributed by atoms with Crippen molar-refractivity contribution in [1.82, 2.24) is 0 Å². The third kappa shape index (κ3) is 1.99. The van der Waals surface area contributed by atoms with Gasteiger partial charge in [-0.3, -0.25) is 0 Å². The maximum absolute atomic E-state index is 14.0. The lowest BCUT2D eigenvalue weighted by atomic mass is 9.78. The average molecular weight is 308 g/mol. The van der Waals surface area contributed by atoms with Crippen LogP contribution in [0.5, 0.6) is 0 Å². The van der Waals surface area contributed by atoms with Crippen molar-refractivity contribution in [2.75, 3.05) is 6.54 Å². The second-order valence-electron chi connectivity index (χ2n) is 4.53. The first-order valence-corrected chi connectivity index (χ1v) is 6.35. The van der Waals surface area contributed by atoms with Gasteiger partial charge in [-0.05, 0) is 28.8 Å². The Hall–Kier alpha value is -0.550. The van der Waals surface area contributed by atoms with Crippen molar-refractivity contribution in [2.45, 2.75) is 31.1 Å². The fourth-order valence-corrected chi connectivity index (χ4v) is 2.97. The Morgan fingerprint density at radius 2 is 1.76 bits per heavy atom. The number of nitrogens with two attached hydrogens (primary N) is 1. The van der Waals surface area contributed by atoms with Crippen molar-refractivity contribution in [3.63, 3.8) is 0 Å². The van der Waals surface area contributed by atoms with Gasteiger partial charge in [-0.2, -0.15) is 0 Å². The number of hydrogen-bond donors (Lipinski definition) is 1. The minimum absolute atomic E-state index is 0.0641. The first kappa shape index (κ1) is 12.9. The van der Waals surface area contributed by atoms with Crippen LogP contribution in [0.4, 0.5) is 13.2 Å². The zero-order chi connectivity index (χ0) is 12.6. The quantitative estimate of drug-likeness (QED) is 0.655. The van der Waals surface area contributed by atoms with Crippen LogP contribution in [0.1, 0.15) is 31.2 Å². The van der Waals surface area contributed by atoms with Gasteiger partial charge >= 0.3 is 0 Å². The maximum atomic E-state index is 14.0. The van der Waals surface area contributed by atoms with Crippen LogP contribution in [0.15, 0.2) is 10.5 Å². The molecule has 0 aliphatic heterocycles. The number of benzene rings is 1. The largest absolute Gasteiger partial charge is 0.330 e. The van der Waals surface area contributed by atoms with E-state index in [-0.39, 0.29) is 16.6 Å². The summed E-state index contributed by atoms with van der Waals surface area (Å²) in [5, 5.41) is 0. The molecule has 0 saturated heterocycles. The molecule has 94 valence electrons. The van der Waals surface area contributed by atoms with Crippen LogP contribution in [0.3, 0.4) is 0 Å². The highest BCUT2D eigenvalue weighted by Gasteiger charge is 2.39. The first-order valence-electron chi connectivity index (χ1n) is 5.55. The van der Waals surface area contributed by atoms with Gasteiger partial charge in [-0.1, -0.05) is 12.8 Å². The van der Waals surface area contributed by atoms with Crippen molar-refractivity contribution >= 4 is 15.9 Å². The summed E-state index contributed by atoms with van der Waals surface area (Å²) < 4.78 is 40.7. The fourth-order valence-electron chi connectivity index (χ4n) is 2.66. The van der Waals surface area contributed by atoms with Crippen molar-refractivity contribution in [1.29, 1.82) is 0 Å². The highest BCUT2D eigenvalue weighted by atomic mass is 79.9. The number of halogens is 4. The topological polar surface area (TPSA) is 26.0 Å². The molecule has 2 N–H and O–H groups in total. The lowest BCUT2D eigenvalue weighted by Gasteiger charge is -2.29. The normalized spacial score (nSPS) is 18.6. The Morgan fingerprint density at radius 1 is 1.18 bits per heavy atom. The molecule has 1 saturated carbocycles. The van der Waals surface area contributed by atoms with Gasteiger partial charge in [0.1, 0.15) is 17.5 Å². The summed E-state index contributed by atoms with van der Waals surface area (Å²) in [5.74, 6) is -2.61. The molecular formula is C12H13BrF3N. The van der Waals surface area contributed by atoms with Gasteiger partial charge in [0.25, 0.3) is 0 Å². The van der Waals surface area contributed by atoms with Crippen LogP contribution >= 0.6 is 15.9 Å². The molecule has 1 aromatic rings. The lowest BCUT2D eigenvalue weighted by molar-refractivity contribution is 0.393. The van der Waals surface area contributed by atoms with Crippen molar-refractivity contribution < 1.29 is 13.2 Å². The second kappa shape index (κ2) is 4.61. The molecule has 17 heavy (non-hydrogen) atoms. The van der Waals surface area contributed by atoms with E-state index in [0.717, 1.165) is 18.9 Å². The van der Waals surface area contributed by atoms with Gasteiger partial charge < -0.3 is 5.73 Å². The molecule has 0 heterocycles. The molecule has 0 aromatic heterocycles. The van der Waals surface area contributed by atoms with E-state index in [4.69, 9.17) is 5.73 Å². The van der Waals surface area contributed by atoms with Gasteiger partial charge in [0, 0.05) is 23.6 Å². The fraction of sp³-hybridized carbons (Fsp3) is 0.500. The van der Waals surface area contributed by atoms with E-state index < -0.39 is 22.9 Å². The van der Waals surface area contributed by atoms with Gasteiger partial charge in [-0.25, -0.2) is 13.2 Å². The van der Waals surface area contributed by atoms with E-state index in [1.165, 1.54) is 0 Å². The highest BCUT2D eigenvalue weighted by molar-refractivity contribution is 9.10. The molecule has 0 bridgehead atoms. The molecule has 0 atom stereocenters. The minimum atomic E-state index is -0.922. The second-order valence-corrected chi connectivity index (χ2v) is 5.33. The summed E-state index contributed by atoms with van der Waals surface area (Å²) in [6.07, 6.45) is 3.08. The number of rotatable bonds is 2. The lowest BCUT2D eigenvalue weighted by Crippen LogP contribution is -2.34. The van der Waals surface area contributed by atoms with Crippen molar-refractivity contribution in [2.24, 2.45) is 5.73 Å². The monoisotopic (exact) mass is 307 g/mol. The van der Waals surface area contributed by atoms with Crippen LogP contribution in [-0.4, -0.2) is 6.54 Å². The standard InChI is InChI=1S/C12H13BrF3N/c13-10-8(15)5-7(14)9(11(10)16)12(6-17)3-1-2-4-12/h5H,1-4,6,17H2. The predicted octanol–water partition coefficient (Wildman–Crippen LogP) is 3.64. The van der Waals surface area contributed by atoms with Crippen LogP contribution < -0.4 is 5.73 Å². The molecule has 1 fully saturated rings. The highest BCUT2D eigenvalue weighted by Crippen LogP contribution is 2.44. The van der Waals surface area contributed by atoms with E-state index in [2.05, 4.69) is 15.9 Å². The maximum Gasteiger partial charge on any atom is 0.147 e. The summed E-state index contributed by atoms with van der Waals surface area (Å²) in [6, 6.07) is 0.720. The minimum Gasteiger partial charge on any atom is -0.330 e. The molecule has 5 heteroatoms. The van der Waals surface area contributed by atoms with Gasteiger partial charge in [0.05, 0.1) is 4.47 Å². The Labute approximate surface area is 106 Å². The van der Waals surface area contributed by atoms with E-state index in [9.17, 15) is 13.2 Å². The van der Waals surface area contributed by atoms with Crippen LogP contribution in [0, 0.1) is 17.5 Å². The molecule has 1 aliphatic carbocycles. The summed E-state index contributed by atoms with van der Waals surface area (Å²) >= 11 is 2.81. The molecule has 0 unspecified atom stereocenters. The molecule has 0 spiro atoms. The van der Waals surface area contributed by atoms with Gasteiger partial charge in [-0.15, -0.1) is 0 Å². The smallest absolute Gasteiger partial charge is 0.147 e. The van der Waals surface area contributed by atoms with Gasteiger partial charge in [0.15, 0.2) is 0 Å². The third-order valence-corrected chi connectivity index (χ3v) is 4.32. The Balaban J connectivity index is 2.62. The Morgan fingerprint density at radius 3 is 2.29 bits per heavy atom. The summed E-state index contributed by atoms with van der Waals surface area (Å²) in [5.41, 5.74) is 4.94. The average Bonchev–Trinajstić information content (AvgIpc) is 2.76. The van der Waals surface area contributed by atoms with Crippen molar-refractivity contribution in [3.8, 4) is 0 Å². The summed E-state index contributed by atoms with van der Waals surface area (Å²) in [4.78, 5) is 0. The predicted molar refractivity (Wildman–Crippen MR) is 63.2 cm³/mol. The van der Waals surface area contributed by atoms with E-state index in [0.29, 0.717) is 12.8 Å². The molecular weight excluding hydrogens is 295 g/mol. The van der Waals surface area contributed by atoms with Gasteiger partial charge in [0.2, 0.25) is 0 Å². The molecule has 1 nitrogen and oxygen atoms in total. The Bertz CT molecular complexity index is 442. The zero-order valence-electron chi connectivity index (χ0n) is 9.20.